The number of aryl methyl sites for hydroxylation is 2. The molecule has 2 aromatic carbocycles. The van der Waals surface area contributed by atoms with E-state index in [0.29, 0.717) is 34.9 Å². The van der Waals surface area contributed by atoms with Crippen molar-refractivity contribution in [3.63, 3.8) is 0 Å². The van der Waals surface area contributed by atoms with E-state index in [1.807, 2.05) is 49.4 Å². The Balaban J connectivity index is 1.61. The molecule has 7 heteroatoms. The molecule has 0 spiro atoms. The van der Waals surface area contributed by atoms with Crippen LogP contribution in [0.3, 0.4) is 0 Å². The highest BCUT2D eigenvalue weighted by Gasteiger charge is 2.25. The van der Waals surface area contributed by atoms with E-state index in [-0.39, 0.29) is 17.2 Å². The predicted octanol–water partition coefficient (Wildman–Crippen LogP) is 5.11. The molecule has 2 heterocycles. The second-order valence-electron chi connectivity index (χ2n) is 10.3. The smallest absolute Gasteiger partial charge is 0.274 e. The van der Waals surface area contributed by atoms with Gasteiger partial charge in [-0.05, 0) is 75.4 Å². The van der Waals surface area contributed by atoms with Crippen LogP contribution in [-0.2, 0) is 12.6 Å². The number of nitrogens with zero attached hydrogens (tertiary/aromatic N) is 1. The molecule has 0 aliphatic heterocycles. The topological polar surface area (TPSA) is 96.3 Å². The number of aliphatic hydroxyl groups is 1. The molecule has 0 radical (unpaired) electrons. The maximum Gasteiger partial charge on any atom is 0.274 e. The van der Waals surface area contributed by atoms with Crippen molar-refractivity contribution in [3.8, 4) is 16.9 Å². The third kappa shape index (κ3) is 4.79. The number of carbonyl (C=O) groups is 1. The number of carbonyl (C=O) groups excluding carboxylic acids is 1. The number of rotatable bonds is 7. The first-order valence-corrected chi connectivity index (χ1v) is 12.2. The number of fused-ring (bicyclic) bond motifs is 1. The SMILES string of the molecule is Cc1ccc(NC(=O)c2cc3c(-c4cc(C(C)(C)O)ccc4OCC4CC4)cn(C)c(=O)c3[nH]2)cc1. The van der Waals surface area contributed by atoms with Gasteiger partial charge in [-0.3, -0.25) is 9.59 Å². The summed E-state index contributed by atoms with van der Waals surface area (Å²) in [6.45, 7) is 6.07. The van der Waals surface area contributed by atoms with Gasteiger partial charge in [0.1, 0.15) is 17.0 Å². The first-order chi connectivity index (χ1) is 17.1. The zero-order valence-corrected chi connectivity index (χ0v) is 21.0. The van der Waals surface area contributed by atoms with Crippen molar-refractivity contribution in [2.45, 2.75) is 39.2 Å². The predicted molar refractivity (Wildman–Crippen MR) is 142 cm³/mol. The number of H-pyrrole nitrogens is 1. The van der Waals surface area contributed by atoms with Crippen LogP contribution in [0.4, 0.5) is 5.69 Å². The Labute approximate surface area is 209 Å². The molecule has 2 aromatic heterocycles. The fraction of sp³-hybridized carbons (Fsp3) is 0.310. The van der Waals surface area contributed by atoms with Gasteiger partial charge < -0.3 is 24.7 Å². The molecule has 3 N–H and O–H groups in total. The zero-order valence-electron chi connectivity index (χ0n) is 21.0. The Kier molecular flexibility index (Phi) is 5.96. The normalized spacial score (nSPS) is 13.7. The van der Waals surface area contributed by atoms with Crippen LogP contribution in [0, 0.1) is 12.8 Å². The van der Waals surface area contributed by atoms with Crippen molar-refractivity contribution < 1.29 is 14.6 Å². The maximum absolute atomic E-state index is 13.0. The van der Waals surface area contributed by atoms with Gasteiger partial charge in [0.25, 0.3) is 11.5 Å². The lowest BCUT2D eigenvalue weighted by atomic mass is 9.93. The summed E-state index contributed by atoms with van der Waals surface area (Å²) < 4.78 is 7.68. The fourth-order valence-corrected chi connectivity index (χ4v) is 4.25. The van der Waals surface area contributed by atoms with E-state index in [2.05, 4.69) is 10.3 Å². The molecule has 5 rings (SSSR count). The average Bonchev–Trinajstić information content (AvgIpc) is 3.56. The molecule has 0 unspecified atom stereocenters. The van der Waals surface area contributed by atoms with Crippen molar-refractivity contribution in [1.29, 1.82) is 0 Å². The molecular weight excluding hydrogens is 454 g/mol. The van der Waals surface area contributed by atoms with Gasteiger partial charge in [-0.15, -0.1) is 0 Å². The van der Waals surface area contributed by atoms with Gasteiger partial charge in [-0.2, -0.15) is 0 Å². The van der Waals surface area contributed by atoms with Crippen LogP contribution in [0.1, 0.15) is 48.3 Å². The van der Waals surface area contributed by atoms with Gasteiger partial charge in [-0.25, -0.2) is 0 Å². The Morgan fingerprint density at radius 3 is 2.53 bits per heavy atom. The first-order valence-electron chi connectivity index (χ1n) is 12.2. The zero-order chi connectivity index (χ0) is 25.6. The number of benzene rings is 2. The number of aromatic amines is 1. The summed E-state index contributed by atoms with van der Waals surface area (Å²) in [4.78, 5) is 29.1. The second-order valence-corrected chi connectivity index (χ2v) is 10.3. The molecule has 36 heavy (non-hydrogen) atoms. The Morgan fingerprint density at radius 2 is 1.86 bits per heavy atom. The molecule has 7 nitrogen and oxygen atoms in total. The largest absolute Gasteiger partial charge is 0.493 e. The van der Waals surface area contributed by atoms with E-state index in [0.717, 1.165) is 22.3 Å². The molecule has 1 aliphatic rings. The number of pyridine rings is 1. The molecule has 0 atom stereocenters. The second kappa shape index (κ2) is 8.99. The van der Waals surface area contributed by atoms with E-state index in [1.54, 1.807) is 33.2 Å². The first kappa shape index (κ1) is 23.9. The van der Waals surface area contributed by atoms with Gasteiger partial charge in [0.05, 0.1) is 12.2 Å². The van der Waals surface area contributed by atoms with Crippen LogP contribution in [0.25, 0.3) is 22.0 Å². The minimum atomic E-state index is -1.05. The third-order valence-corrected chi connectivity index (χ3v) is 6.67. The molecule has 1 amide bonds. The maximum atomic E-state index is 13.0. The number of nitrogens with one attached hydrogen (secondary N) is 2. The molecule has 0 saturated heterocycles. The van der Waals surface area contributed by atoms with Crippen LogP contribution >= 0.6 is 0 Å². The lowest BCUT2D eigenvalue weighted by Crippen LogP contribution is -2.18. The number of anilines is 1. The fourth-order valence-electron chi connectivity index (χ4n) is 4.25. The van der Waals surface area contributed by atoms with Crippen LogP contribution in [0.5, 0.6) is 5.75 Å². The minimum absolute atomic E-state index is 0.234. The summed E-state index contributed by atoms with van der Waals surface area (Å²) in [5, 5.41) is 14.2. The molecule has 1 fully saturated rings. The summed E-state index contributed by atoms with van der Waals surface area (Å²) >= 11 is 0. The highest BCUT2D eigenvalue weighted by molar-refractivity contribution is 6.08. The van der Waals surface area contributed by atoms with Crippen molar-refractivity contribution in [2.75, 3.05) is 11.9 Å². The van der Waals surface area contributed by atoms with E-state index in [4.69, 9.17) is 4.74 Å². The lowest BCUT2D eigenvalue weighted by molar-refractivity contribution is 0.0785. The molecule has 0 bridgehead atoms. The van der Waals surface area contributed by atoms with Crippen molar-refractivity contribution >= 4 is 22.5 Å². The number of aromatic nitrogens is 2. The van der Waals surface area contributed by atoms with Gasteiger partial charge in [0.2, 0.25) is 0 Å². The van der Waals surface area contributed by atoms with Gasteiger partial charge in [0, 0.05) is 35.4 Å². The van der Waals surface area contributed by atoms with Crippen LogP contribution < -0.4 is 15.6 Å². The van der Waals surface area contributed by atoms with Crippen molar-refractivity contribution in [3.05, 3.63) is 81.9 Å². The van der Waals surface area contributed by atoms with Crippen LogP contribution in [0.15, 0.2) is 59.5 Å². The van der Waals surface area contributed by atoms with Crippen molar-refractivity contribution in [2.24, 2.45) is 13.0 Å². The van der Waals surface area contributed by atoms with Crippen LogP contribution in [-0.4, -0.2) is 27.2 Å². The number of amides is 1. The summed E-state index contributed by atoms with van der Waals surface area (Å²) in [5.74, 6) is 0.913. The third-order valence-electron chi connectivity index (χ3n) is 6.67. The average molecular weight is 486 g/mol. The summed E-state index contributed by atoms with van der Waals surface area (Å²) in [5.41, 5.74) is 3.34. The van der Waals surface area contributed by atoms with Crippen molar-refractivity contribution in [1.82, 2.24) is 9.55 Å². The minimum Gasteiger partial charge on any atom is -0.493 e. The Morgan fingerprint density at radius 1 is 1.14 bits per heavy atom. The van der Waals surface area contributed by atoms with Crippen LogP contribution in [0.2, 0.25) is 0 Å². The number of hydrogen-bond acceptors (Lipinski definition) is 4. The Hall–Kier alpha value is -3.84. The van der Waals surface area contributed by atoms with Gasteiger partial charge >= 0.3 is 0 Å². The standard InChI is InChI=1S/C29H31N3O4/c1-17-5-10-20(11-6-17)30-27(33)24-14-22-23(15-32(4)28(34)26(22)31-24)21-13-19(29(2,3)35)9-12-25(21)36-16-18-7-8-18/h5-6,9-15,18,31,35H,7-8,16H2,1-4H3,(H,30,33). The molecule has 1 saturated carbocycles. The summed E-state index contributed by atoms with van der Waals surface area (Å²) in [6, 6.07) is 14.9. The van der Waals surface area contributed by atoms with E-state index < -0.39 is 5.60 Å². The monoisotopic (exact) mass is 485 g/mol. The van der Waals surface area contributed by atoms with E-state index >= 15 is 0 Å². The number of ether oxygens (including phenoxy) is 1. The molecule has 4 aromatic rings. The molecule has 186 valence electrons. The summed E-state index contributed by atoms with van der Waals surface area (Å²) in [6.07, 6.45) is 4.09. The molecular formula is C29H31N3O4. The van der Waals surface area contributed by atoms with Gasteiger partial charge in [0.15, 0.2) is 0 Å². The van der Waals surface area contributed by atoms with Gasteiger partial charge in [-0.1, -0.05) is 23.8 Å². The summed E-state index contributed by atoms with van der Waals surface area (Å²) in [7, 11) is 1.68. The highest BCUT2D eigenvalue weighted by atomic mass is 16.5. The van der Waals surface area contributed by atoms with E-state index in [1.165, 1.54) is 17.4 Å². The Bertz CT molecular complexity index is 1500. The number of hydrogen-bond donors (Lipinski definition) is 3. The molecule has 1 aliphatic carbocycles. The van der Waals surface area contributed by atoms with E-state index in [9.17, 15) is 14.7 Å². The highest BCUT2D eigenvalue weighted by Crippen LogP contribution is 2.39. The quantitative estimate of drug-likeness (QED) is 0.339. The lowest BCUT2D eigenvalue weighted by Gasteiger charge is -2.21.